The van der Waals surface area contributed by atoms with E-state index in [-0.39, 0.29) is 31.5 Å². The summed E-state index contributed by atoms with van der Waals surface area (Å²) in [6.07, 6.45) is 89.2. The lowest BCUT2D eigenvalue weighted by Gasteiger charge is -2.30. The Bertz CT molecular complexity index is 1600. The molecule has 0 fully saturated rings. The Hall–Kier alpha value is -1.51. The van der Waals surface area contributed by atoms with Crippen molar-refractivity contribution < 1.29 is 37.3 Å². The number of carbonyl (C=O) groups is 2. The van der Waals surface area contributed by atoms with Gasteiger partial charge < -0.3 is 28.5 Å². The molecule has 0 saturated heterocycles. The number of amides is 1. The predicted molar refractivity (Wildman–Crippen MR) is 395 cm³/mol. The number of phosphoric acid groups is 1. The van der Waals surface area contributed by atoms with Gasteiger partial charge in [-0.3, -0.25) is 14.2 Å². The number of carbonyl (C=O) groups excluding carboxylic acids is 2. The van der Waals surface area contributed by atoms with Crippen LogP contribution in [0.5, 0.6) is 0 Å². The van der Waals surface area contributed by atoms with Crippen molar-refractivity contribution in [3.05, 3.63) is 24.3 Å². The van der Waals surface area contributed by atoms with Gasteiger partial charge >= 0.3 is 5.97 Å². The number of rotatable bonds is 76. The van der Waals surface area contributed by atoms with Gasteiger partial charge in [-0.2, -0.15) is 0 Å². The highest BCUT2D eigenvalue weighted by Gasteiger charge is 2.27. The van der Waals surface area contributed by atoms with Crippen LogP contribution in [0.1, 0.15) is 432 Å². The molecule has 0 aliphatic heterocycles. The van der Waals surface area contributed by atoms with Crippen molar-refractivity contribution in [2.45, 2.75) is 444 Å². The monoisotopic (exact) mass is 1300 g/mol. The van der Waals surface area contributed by atoms with Gasteiger partial charge in [0.1, 0.15) is 19.3 Å². The number of quaternary nitrogens is 1. The van der Waals surface area contributed by atoms with Crippen LogP contribution in [0.2, 0.25) is 0 Å². The summed E-state index contributed by atoms with van der Waals surface area (Å²) in [7, 11) is 1.21. The van der Waals surface area contributed by atoms with E-state index in [2.05, 4.69) is 38.2 Å². The molecule has 0 spiro atoms. The lowest BCUT2D eigenvalue weighted by atomic mass is 10.0. The minimum Gasteiger partial charge on any atom is -0.756 e. The third kappa shape index (κ3) is 72.6. The van der Waals surface area contributed by atoms with Crippen LogP contribution in [0.25, 0.3) is 0 Å². The number of nitrogens with one attached hydrogen (secondary N) is 1. The van der Waals surface area contributed by atoms with Crippen molar-refractivity contribution in [2.75, 3.05) is 40.9 Å². The molecule has 0 aromatic rings. The van der Waals surface area contributed by atoms with Crippen molar-refractivity contribution in [3.8, 4) is 0 Å². The van der Waals surface area contributed by atoms with Gasteiger partial charge in [-0.15, -0.1) is 0 Å². The highest BCUT2D eigenvalue weighted by atomic mass is 31.2. The summed E-state index contributed by atoms with van der Waals surface area (Å²) in [5.41, 5.74) is 0. The van der Waals surface area contributed by atoms with E-state index < -0.39 is 20.0 Å². The fraction of sp³-hybridized carbons (Fsp3) is 0.926. The van der Waals surface area contributed by atoms with Crippen molar-refractivity contribution in [3.63, 3.8) is 0 Å². The standard InChI is InChI=1S/C81H159N2O7P/c1-7-10-13-16-19-22-25-27-29-31-33-35-37-39-41-43-45-47-49-51-53-55-58-61-64-67-70-73-80(84)82-78(77-89-91(86,87)88-76-75-83(4,5)6)79(72-69-66-63-60-57-24-21-18-15-12-9-3)90-81(85)74-71-68-65-62-59-56-54-52-50-48-46-44-42-40-38-36-34-32-30-28-26-23-20-17-14-11-8-2/h28,30,69,72,78-79H,7-27,29,31-68,70-71,73-77H2,1-6H3,(H-,82,84,86,87)/b30-28+,72-69+. The minimum absolute atomic E-state index is 0.0174. The maximum Gasteiger partial charge on any atom is 0.306 e. The number of likely N-dealkylation sites (N-methyl/N-ethyl adjacent to an activating group) is 1. The first-order chi connectivity index (χ1) is 44.4. The van der Waals surface area contributed by atoms with Gasteiger partial charge in [0.05, 0.1) is 33.8 Å². The maximum absolute atomic E-state index is 13.6. The highest BCUT2D eigenvalue weighted by molar-refractivity contribution is 7.45. The molecule has 9 nitrogen and oxygen atoms in total. The van der Waals surface area contributed by atoms with E-state index in [1.54, 1.807) is 0 Å². The van der Waals surface area contributed by atoms with Gasteiger partial charge in [0.15, 0.2) is 0 Å². The molecule has 0 heterocycles. The van der Waals surface area contributed by atoms with E-state index >= 15 is 0 Å². The molecule has 0 bridgehead atoms. The Morgan fingerprint density at radius 1 is 0.374 bits per heavy atom. The first kappa shape index (κ1) is 89.5. The minimum atomic E-state index is -4.70. The summed E-state index contributed by atoms with van der Waals surface area (Å²) < 4.78 is 30.5. The summed E-state index contributed by atoms with van der Waals surface area (Å²) in [5.74, 6) is -0.512. The number of hydrogen-bond donors (Lipinski definition) is 1. The molecular weight excluding hydrogens is 1140 g/mol. The quantitative estimate of drug-likeness (QED) is 0.0212. The number of phosphoric ester groups is 1. The number of unbranched alkanes of at least 4 members (excludes halogenated alkanes) is 58. The van der Waals surface area contributed by atoms with Gasteiger partial charge in [0.25, 0.3) is 7.82 Å². The van der Waals surface area contributed by atoms with E-state index in [4.69, 9.17) is 13.8 Å². The Kier molecular flexibility index (Phi) is 70.1. The third-order valence-corrected chi connectivity index (χ3v) is 19.8. The Labute approximate surface area is 568 Å². The SMILES string of the molecule is CCCCCCCC/C=C/CCCCCCCCCCCCCCCCCCCC(=O)OC(/C=C/CCCCCCCCCCC)C(COP(=O)([O-])OCC[N+](C)(C)C)NC(=O)CCCCCCCCCCCCCCCCCCCCCCCCCCCCC. The first-order valence-electron chi connectivity index (χ1n) is 40.6. The molecule has 0 radical (unpaired) electrons. The van der Waals surface area contributed by atoms with Gasteiger partial charge in [0.2, 0.25) is 5.91 Å². The second kappa shape index (κ2) is 71.3. The van der Waals surface area contributed by atoms with E-state index in [9.17, 15) is 19.0 Å². The lowest BCUT2D eigenvalue weighted by molar-refractivity contribution is -0.870. The zero-order valence-corrected chi connectivity index (χ0v) is 63.0. The smallest absolute Gasteiger partial charge is 0.306 e. The zero-order chi connectivity index (χ0) is 66.3. The van der Waals surface area contributed by atoms with Crippen molar-refractivity contribution >= 4 is 19.7 Å². The molecule has 540 valence electrons. The van der Waals surface area contributed by atoms with Crippen molar-refractivity contribution in [2.24, 2.45) is 0 Å². The molecule has 10 heteroatoms. The van der Waals surface area contributed by atoms with Crippen LogP contribution in [0, 0.1) is 0 Å². The normalized spacial score (nSPS) is 13.4. The second-order valence-corrected chi connectivity index (χ2v) is 30.7. The van der Waals surface area contributed by atoms with Crippen LogP contribution in [0.4, 0.5) is 0 Å². The van der Waals surface area contributed by atoms with Crippen molar-refractivity contribution in [1.82, 2.24) is 5.32 Å². The molecule has 0 aromatic heterocycles. The zero-order valence-electron chi connectivity index (χ0n) is 62.1. The average Bonchev–Trinajstić information content (AvgIpc) is 3.03. The summed E-state index contributed by atoms with van der Waals surface area (Å²) in [6.45, 7) is 6.92. The van der Waals surface area contributed by atoms with E-state index in [1.807, 2.05) is 33.3 Å². The van der Waals surface area contributed by atoms with Crippen LogP contribution >= 0.6 is 7.82 Å². The van der Waals surface area contributed by atoms with Gasteiger partial charge in [0, 0.05) is 12.8 Å². The summed E-state index contributed by atoms with van der Waals surface area (Å²) >= 11 is 0. The molecule has 3 unspecified atom stereocenters. The Morgan fingerprint density at radius 2 is 0.637 bits per heavy atom. The Morgan fingerprint density at radius 3 is 0.934 bits per heavy atom. The number of esters is 1. The predicted octanol–water partition coefficient (Wildman–Crippen LogP) is 25.7. The third-order valence-electron chi connectivity index (χ3n) is 18.9. The second-order valence-electron chi connectivity index (χ2n) is 29.3. The molecule has 91 heavy (non-hydrogen) atoms. The molecule has 1 amide bonds. The van der Waals surface area contributed by atoms with Crippen LogP contribution < -0.4 is 10.2 Å². The molecule has 0 rings (SSSR count). The fourth-order valence-electron chi connectivity index (χ4n) is 12.6. The molecular formula is C81H159N2O7P. The average molecular weight is 1300 g/mol. The van der Waals surface area contributed by atoms with Gasteiger partial charge in [-0.25, -0.2) is 0 Å². The van der Waals surface area contributed by atoms with Crippen molar-refractivity contribution in [1.29, 1.82) is 0 Å². The number of ether oxygens (including phenoxy) is 1. The summed E-state index contributed by atoms with van der Waals surface area (Å²) in [6, 6.07) is -0.883. The van der Waals surface area contributed by atoms with E-state index in [0.717, 1.165) is 57.8 Å². The molecule has 0 saturated carbocycles. The van der Waals surface area contributed by atoms with Crippen LogP contribution in [-0.4, -0.2) is 69.4 Å². The number of allylic oxidation sites excluding steroid dienone is 3. The molecule has 3 atom stereocenters. The molecule has 1 N–H and O–H groups in total. The van der Waals surface area contributed by atoms with E-state index in [0.29, 0.717) is 17.4 Å². The van der Waals surface area contributed by atoms with E-state index in [1.165, 1.54) is 340 Å². The number of hydrogen-bond acceptors (Lipinski definition) is 7. The lowest BCUT2D eigenvalue weighted by Crippen LogP contribution is -2.47. The van der Waals surface area contributed by atoms with Crippen LogP contribution in [-0.2, 0) is 27.9 Å². The topological polar surface area (TPSA) is 114 Å². The largest absolute Gasteiger partial charge is 0.756 e. The molecule has 0 aliphatic rings. The first-order valence-corrected chi connectivity index (χ1v) is 42.1. The summed E-state index contributed by atoms with van der Waals surface area (Å²) in [4.78, 5) is 40.3. The van der Waals surface area contributed by atoms with Gasteiger partial charge in [-0.1, -0.05) is 386 Å². The molecule has 0 aliphatic carbocycles. The maximum atomic E-state index is 13.6. The Balaban J connectivity index is 4.80. The van der Waals surface area contributed by atoms with Gasteiger partial charge in [-0.05, 0) is 57.4 Å². The summed E-state index contributed by atoms with van der Waals surface area (Å²) in [5, 5.41) is 3.06. The number of nitrogens with zero attached hydrogens (tertiary/aromatic N) is 1. The highest BCUT2D eigenvalue weighted by Crippen LogP contribution is 2.38. The fourth-order valence-corrected chi connectivity index (χ4v) is 13.4. The van der Waals surface area contributed by atoms with Crippen LogP contribution in [0.3, 0.4) is 0 Å². The molecule has 0 aromatic carbocycles. The van der Waals surface area contributed by atoms with Crippen LogP contribution in [0.15, 0.2) is 24.3 Å².